The fourth-order valence-corrected chi connectivity index (χ4v) is 9.88. The first-order valence-electron chi connectivity index (χ1n) is 28.9. The summed E-state index contributed by atoms with van der Waals surface area (Å²) in [5.41, 5.74) is 3.17. The molecule has 0 fully saturated rings. The summed E-state index contributed by atoms with van der Waals surface area (Å²) in [4.78, 5) is 0. The number of aryl methyl sites for hydroxylation is 2. The minimum Gasteiger partial charge on any atom is -0.0654 e. The van der Waals surface area contributed by atoms with Crippen molar-refractivity contribution < 1.29 is 0 Å². The van der Waals surface area contributed by atoms with Gasteiger partial charge in [0.2, 0.25) is 0 Å². The first kappa shape index (κ1) is 57.2. The van der Waals surface area contributed by atoms with Crippen LogP contribution in [0.2, 0.25) is 0 Å². The molecule has 0 N–H and O–H groups in total. The maximum absolute atomic E-state index is 2.53. The van der Waals surface area contributed by atoms with E-state index in [1.54, 1.807) is 11.1 Å². The van der Waals surface area contributed by atoms with Gasteiger partial charge in [-0.15, -0.1) is 0 Å². The number of hydrogen-bond acceptors (Lipinski definition) is 0. The van der Waals surface area contributed by atoms with E-state index in [1.165, 1.54) is 334 Å². The molecule has 0 saturated heterocycles. The number of hydrogen-bond donors (Lipinski definition) is 0. The highest BCUT2D eigenvalue weighted by molar-refractivity contribution is 5.23. The lowest BCUT2D eigenvalue weighted by molar-refractivity contribution is 0.516. The van der Waals surface area contributed by atoms with E-state index in [0.717, 1.165) is 0 Å². The van der Waals surface area contributed by atoms with Gasteiger partial charge in [-0.25, -0.2) is 0 Å². The molecule has 0 aromatic heterocycles. The molecule has 0 amide bonds. The Morgan fingerprint density at radius 1 is 0.200 bits per heavy atom. The number of rotatable bonds is 52. The van der Waals surface area contributed by atoms with Crippen LogP contribution in [0.25, 0.3) is 0 Å². The van der Waals surface area contributed by atoms with E-state index < -0.39 is 0 Å². The fraction of sp³-hybridized carbons (Fsp3) is 0.900. The predicted molar refractivity (Wildman–Crippen MR) is 276 cm³/mol. The van der Waals surface area contributed by atoms with Crippen molar-refractivity contribution in [1.82, 2.24) is 0 Å². The lowest BCUT2D eigenvalue weighted by atomic mass is 9.99. The molecule has 0 heteroatoms. The average molecular weight is 836 g/mol. The summed E-state index contributed by atoms with van der Waals surface area (Å²) in [6.07, 6.45) is 75.9. The van der Waals surface area contributed by atoms with E-state index >= 15 is 0 Å². The molecule has 0 spiro atoms. The van der Waals surface area contributed by atoms with Crippen LogP contribution in [0.1, 0.15) is 346 Å². The van der Waals surface area contributed by atoms with Gasteiger partial charge in [-0.3, -0.25) is 0 Å². The molecule has 0 unspecified atom stereocenters. The fourth-order valence-electron chi connectivity index (χ4n) is 9.88. The lowest BCUT2D eigenvalue weighted by Gasteiger charge is -2.07. The van der Waals surface area contributed by atoms with Crippen molar-refractivity contribution in [2.24, 2.45) is 0 Å². The van der Waals surface area contributed by atoms with E-state index in [2.05, 4.69) is 38.1 Å². The van der Waals surface area contributed by atoms with E-state index in [4.69, 9.17) is 0 Å². The van der Waals surface area contributed by atoms with Gasteiger partial charge < -0.3 is 0 Å². The van der Waals surface area contributed by atoms with Crippen LogP contribution in [0.3, 0.4) is 0 Å². The Kier molecular flexibility index (Phi) is 48.5. The van der Waals surface area contributed by atoms with Crippen molar-refractivity contribution in [3.05, 3.63) is 35.4 Å². The Morgan fingerprint density at radius 2 is 0.350 bits per heavy atom. The van der Waals surface area contributed by atoms with Crippen molar-refractivity contribution in [3.8, 4) is 0 Å². The molecule has 1 aromatic rings. The van der Waals surface area contributed by atoms with Crippen molar-refractivity contribution in [2.75, 3.05) is 0 Å². The minimum atomic E-state index is 1.28. The third-order valence-electron chi connectivity index (χ3n) is 14.1. The largest absolute Gasteiger partial charge is 0.0654 e. The highest BCUT2D eigenvalue weighted by Crippen LogP contribution is 2.19. The summed E-state index contributed by atoms with van der Waals surface area (Å²) in [6, 6.07) is 9.61. The second-order valence-electron chi connectivity index (χ2n) is 20.3. The van der Waals surface area contributed by atoms with Gasteiger partial charge >= 0.3 is 0 Å². The van der Waals surface area contributed by atoms with Crippen molar-refractivity contribution in [3.63, 3.8) is 0 Å². The zero-order valence-corrected chi connectivity index (χ0v) is 42.1. The monoisotopic (exact) mass is 835 g/mol. The molecular weight excluding hydrogens is 721 g/mol. The first-order chi connectivity index (χ1) is 29.9. The van der Waals surface area contributed by atoms with Gasteiger partial charge in [0, 0.05) is 0 Å². The molecule has 0 aliphatic heterocycles. The minimum absolute atomic E-state index is 1.28. The van der Waals surface area contributed by atoms with Gasteiger partial charge in [-0.2, -0.15) is 0 Å². The quantitative estimate of drug-likeness (QED) is 0.0574. The van der Waals surface area contributed by atoms with Crippen LogP contribution in [0.15, 0.2) is 24.3 Å². The van der Waals surface area contributed by atoms with Crippen LogP contribution in [0, 0.1) is 0 Å². The van der Waals surface area contributed by atoms with Gasteiger partial charge in [-0.1, -0.05) is 346 Å². The Morgan fingerprint density at radius 3 is 0.517 bits per heavy atom. The molecule has 0 bridgehead atoms. The highest BCUT2D eigenvalue weighted by atomic mass is 14.1. The van der Waals surface area contributed by atoms with Crippen molar-refractivity contribution in [1.29, 1.82) is 0 Å². The Bertz CT molecular complexity index is 830. The van der Waals surface area contributed by atoms with Crippen molar-refractivity contribution in [2.45, 2.75) is 348 Å². The zero-order chi connectivity index (χ0) is 42.8. The van der Waals surface area contributed by atoms with E-state index in [1.807, 2.05) is 0 Å². The topological polar surface area (TPSA) is 0 Å². The third kappa shape index (κ3) is 45.3. The Hall–Kier alpha value is -0.780. The molecule has 1 aromatic carbocycles. The van der Waals surface area contributed by atoms with Crippen LogP contribution in [0.4, 0.5) is 0 Å². The van der Waals surface area contributed by atoms with Crippen LogP contribution >= 0.6 is 0 Å². The second-order valence-corrected chi connectivity index (χ2v) is 20.3. The van der Waals surface area contributed by atoms with Crippen LogP contribution < -0.4 is 0 Å². The van der Waals surface area contributed by atoms with Gasteiger partial charge in [-0.05, 0) is 36.8 Å². The highest BCUT2D eigenvalue weighted by Gasteiger charge is 2.01. The smallest absolute Gasteiger partial charge is 0.0279 e. The summed E-state index contributed by atoms with van der Waals surface area (Å²) < 4.78 is 0. The summed E-state index contributed by atoms with van der Waals surface area (Å²) in [7, 11) is 0. The molecule has 0 nitrogen and oxygen atoms in total. The van der Waals surface area contributed by atoms with Crippen LogP contribution in [0.5, 0.6) is 0 Å². The molecule has 354 valence electrons. The number of unbranched alkanes of at least 4 members (excludes halogenated alkanes) is 48. The summed E-state index contributed by atoms with van der Waals surface area (Å²) in [6.45, 7) is 4.63. The van der Waals surface area contributed by atoms with Crippen LogP contribution in [-0.2, 0) is 12.8 Å². The van der Waals surface area contributed by atoms with Crippen LogP contribution in [-0.4, -0.2) is 0 Å². The van der Waals surface area contributed by atoms with E-state index in [-0.39, 0.29) is 0 Å². The van der Waals surface area contributed by atoms with Gasteiger partial charge in [0.05, 0.1) is 0 Å². The lowest BCUT2D eigenvalue weighted by Crippen LogP contribution is -1.91. The van der Waals surface area contributed by atoms with Gasteiger partial charge in [0.1, 0.15) is 0 Å². The Labute approximate surface area is 381 Å². The average Bonchev–Trinajstić information content (AvgIpc) is 3.26. The maximum Gasteiger partial charge on any atom is -0.0279 e. The summed E-state index contributed by atoms with van der Waals surface area (Å²) in [5.74, 6) is 0. The maximum atomic E-state index is 2.53. The Balaban J connectivity index is 1.76. The normalized spacial score (nSPS) is 11.6. The molecular formula is C60H114. The molecule has 0 saturated carbocycles. The second kappa shape index (κ2) is 50.9. The molecule has 0 aliphatic rings. The molecule has 0 radical (unpaired) electrons. The standard InChI is InChI=1S/C60H114/c1-3-5-7-9-11-13-15-17-19-21-23-25-27-29-31-33-35-37-39-41-43-45-47-49-51-54-59-56-53-57-60(58-59)55-52-50-48-46-44-42-40-38-36-34-32-30-28-26-24-22-20-18-16-14-12-10-8-6-4-2/h53,56-58H,3-52,54-55H2,1-2H3. The van der Waals surface area contributed by atoms with Crippen molar-refractivity contribution >= 4 is 0 Å². The summed E-state index contributed by atoms with van der Waals surface area (Å²) in [5, 5.41) is 0. The predicted octanol–water partition coefficient (Wildman–Crippen LogP) is 22.3. The summed E-state index contributed by atoms with van der Waals surface area (Å²) >= 11 is 0. The van der Waals surface area contributed by atoms with Gasteiger partial charge in [0.25, 0.3) is 0 Å². The zero-order valence-electron chi connectivity index (χ0n) is 42.1. The SMILES string of the molecule is CCCCCCCCCCCCCCCCCCCCCCCCCCCc1cccc(CCCCCCCCCCCCCCCCCCCCCCCCCCC)c1. The first-order valence-corrected chi connectivity index (χ1v) is 28.9. The molecule has 0 aliphatic carbocycles. The number of benzene rings is 1. The third-order valence-corrected chi connectivity index (χ3v) is 14.1. The molecule has 0 heterocycles. The molecule has 0 atom stereocenters. The molecule has 60 heavy (non-hydrogen) atoms. The van der Waals surface area contributed by atoms with Gasteiger partial charge in [0.15, 0.2) is 0 Å². The van der Waals surface area contributed by atoms with E-state index in [0.29, 0.717) is 0 Å². The molecule has 1 rings (SSSR count). The van der Waals surface area contributed by atoms with E-state index in [9.17, 15) is 0 Å².